The first-order valence-corrected chi connectivity index (χ1v) is 12.6. The molecule has 2 fully saturated rings. The molecule has 0 aromatic heterocycles. The largest absolute Gasteiger partial charge is 0.508 e. The molecular weight excluding hydrogens is 462 g/mol. The van der Waals surface area contributed by atoms with E-state index in [2.05, 4.69) is 5.32 Å². The normalized spacial score (nSPS) is 19.7. The lowest BCUT2D eigenvalue weighted by Crippen LogP contribution is -2.49. The van der Waals surface area contributed by atoms with Gasteiger partial charge in [0.25, 0.3) is 11.8 Å². The van der Waals surface area contributed by atoms with Crippen LogP contribution in [0.15, 0.2) is 36.4 Å². The fourth-order valence-corrected chi connectivity index (χ4v) is 5.00. The average molecular weight is 498 g/mol. The predicted octanol–water partition coefficient (Wildman–Crippen LogP) is 1.98. The molecule has 0 aliphatic carbocycles. The van der Waals surface area contributed by atoms with Crippen molar-refractivity contribution in [3.8, 4) is 11.5 Å². The SMILES string of the molecule is CCOc1cc(C(=O)N2C3CCC2COC3)ccc1C(=O)NC[C@@H](O)CCc1ccc(O)cc1CN. The Morgan fingerprint density at radius 2 is 1.92 bits per heavy atom. The van der Waals surface area contributed by atoms with Gasteiger partial charge in [-0.1, -0.05) is 6.07 Å². The maximum absolute atomic E-state index is 13.2. The number of fused-ring (bicyclic) bond motifs is 2. The van der Waals surface area contributed by atoms with Crippen molar-refractivity contribution in [1.29, 1.82) is 0 Å². The molecule has 2 amide bonds. The van der Waals surface area contributed by atoms with E-state index in [9.17, 15) is 19.8 Å². The fraction of sp³-hybridized carbons (Fsp3) is 0.481. The third-order valence-corrected chi connectivity index (χ3v) is 6.90. The molecular formula is C27H35N3O6. The number of benzene rings is 2. The van der Waals surface area contributed by atoms with Gasteiger partial charge in [0.15, 0.2) is 0 Å². The molecule has 2 heterocycles. The summed E-state index contributed by atoms with van der Waals surface area (Å²) < 4.78 is 11.3. The lowest BCUT2D eigenvalue weighted by Gasteiger charge is -2.34. The van der Waals surface area contributed by atoms with Crippen molar-refractivity contribution in [2.75, 3.05) is 26.4 Å². The number of aliphatic hydroxyl groups is 1. The molecule has 2 aromatic carbocycles. The fourth-order valence-electron chi connectivity index (χ4n) is 5.00. The summed E-state index contributed by atoms with van der Waals surface area (Å²) in [6.07, 6.45) is 2.11. The van der Waals surface area contributed by atoms with Crippen molar-refractivity contribution < 1.29 is 29.3 Å². The number of phenols is 1. The van der Waals surface area contributed by atoms with Crippen LogP contribution < -0.4 is 15.8 Å². The molecule has 2 saturated heterocycles. The summed E-state index contributed by atoms with van der Waals surface area (Å²) in [5.41, 5.74) is 8.32. The summed E-state index contributed by atoms with van der Waals surface area (Å²) in [5.74, 6) is 0.0465. The van der Waals surface area contributed by atoms with Gasteiger partial charge in [0.2, 0.25) is 0 Å². The smallest absolute Gasteiger partial charge is 0.255 e. The van der Waals surface area contributed by atoms with Gasteiger partial charge in [-0.05, 0) is 74.1 Å². The number of aryl methyl sites for hydroxylation is 1. The molecule has 2 unspecified atom stereocenters. The van der Waals surface area contributed by atoms with E-state index in [1.54, 1.807) is 36.4 Å². The monoisotopic (exact) mass is 497 g/mol. The average Bonchev–Trinajstić information content (AvgIpc) is 3.13. The summed E-state index contributed by atoms with van der Waals surface area (Å²) in [6, 6.07) is 10.1. The van der Waals surface area contributed by atoms with Gasteiger partial charge < -0.3 is 35.6 Å². The number of rotatable bonds is 10. The van der Waals surface area contributed by atoms with Gasteiger partial charge in [0.1, 0.15) is 11.5 Å². The van der Waals surface area contributed by atoms with Gasteiger partial charge in [0.05, 0.1) is 43.6 Å². The van der Waals surface area contributed by atoms with Gasteiger partial charge >= 0.3 is 0 Å². The maximum Gasteiger partial charge on any atom is 0.255 e. The van der Waals surface area contributed by atoms with Gasteiger partial charge in [-0.3, -0.25) is 9.59 Å². The first-order chi connectivity index (χ1) is 17.4. The van der Waals surface area contributed by atoms with Crippen LogP contribution in [0.3, 0.4) is 0 Å². The molecule has 3 atom stereocenters. The Labute approximate surface area is 211 Å². The zero-order valence-electron chi connectivity index (χ0n) is 20.6. The summed E-state index contributed by atoms with van der Waals surface area (Å²) >= 11 is 0. The van der Waals surface area contributed by atoms with E-state index in [1.165, 1.54) is 0 Å². The highest BCUT2D eigenvalue weighted by Gasteiger charge is 2.40. The second kappa shape index (κ2) is 11.7. The van der Waals surface area contributed by atoms with E-state index >= 15 is 0 Å². The van der Waals surface area contributed by atoms with Crippen molar-refractivity contribution in [1.82, 2.24) is 10.2 Å². The number of hydrogen-bond donors (Lipinski definition) is 4. The molecule has 2 aliphatic heterocycles. The van der Waals surface area contributed by atoms with Crippen LogP contribution in [0.25, 0.3) is 0 Å². The van der Waals surface area contributed by atoms with Crippen LogP contribution in [0.4, 0.5) is 0 Å². The second-order valence-corrected chi connectivity index (χ2v) is 9.34. The number of phenolic OH excluding ortho intramolecular Hbond substituents is 1. The van der Waals surface area contributed by atoms with Crippen molar-refractivity contribution in [2.24, 2.45) is 5.73 Å². The van der Waals surface area contributed by atoms with Crippen molar-refractivity contribution in [3.63, 3.8) is 0 Å². The Bertz CT molecular complexity index is 1080. The number of hydrogen-bond acceptors (Lipinski definition) is 7. The lowest BCUT2D eigenvalue weighted by atomic mass is 10.0. The molecule has 0 saturated carbocycles. The number of morpholine rings is 1. The van der Waals surface area contributed by atoms with Crippen LogP contribution in [-0.2, 0) is 17.7 Å². The topological polar surface area (TPSA) is 134 Å². The number of nitrogens with zero attached hydrogens (tertiary/aromatic N) is 1. The standard InChI is InChI=1S/C27H35N3O6/c1-2-36-25-12-18(27(34)30-20-6-7-21(30)16-35-15-20)5-10-24(25)26(33)29-14-23(32)9-4-17-3-8-22(31)11-19(17)13-28/h3,5,8,10-12,20-21,23,31-32H,2,4,6-7,9,13-16,28H2,1H3,(H,29,33)/t20?,21?,23-/m0/s1. The van der Waals surface area contributed by atoms with Crippen LogP contribution in [-0.4, -0.2) is 71.5 Å². The van der Waals surface area contributed by atoms with E-state index in [-0.39, 0.29) is 36.2 Å². The zero-order valence-corrected chi connectivity index (χ0v) is 20.6. The number of amides is 2. The maximum atomic E-state index is 13.2. The van der Waals surface area contributed by atoms with Gasteiger partial charge in [-0.15, -0.1) is 0 Å². The van der Waals surface area contributed by atoms with Crippen molar-refractivity contribution >= 4 is 11.8 Å². The van der Waals surface area contributed by atoms with Crippen LogP contribution in [0, 0.1) is 0 Å². The first kappa shape index (κ1) is 25.9. The van der Waals surface area contributed by atoms with Gasteiger partial charge in [-0.25, -0.2) is 0 Å². The summed E-state index contributed by atoms with van der Waals surface area (Å²) in [7, 11) is 0. The number of nitrogens with one attached hydrogen (secondary N) is 1. The molecule has 2 bridgehead atoms. The van der Waals surface area contributed by atoms with Crippen LogP contribution in [0.2, 0.25) is 0 Å². The Morgan fingerprint density at radius 3 is 2.61 bits per heavy atom. The number of carbonyl (C=O) groups excluding carboxylic acids is 2. The zero-order chi connectivity index (χ0) is 25.7. The van der Waals surface area contributed by atoms with Crippen LogP contribution in [0.1, 0.15) is 58.0 Å². The number of aliphatic hydroxyl groups excluding tert-OH is 1. The molecule has 9 nitrogen and oxygen atoms in total. The highest BCUT2D eigenvalue weighted by molar-refractivity contribution is 6.00. The molecule has 2 aromatic rings. The first-order valence-electron chi connectivity index (χ1n) is 12.6. The Hall–Kier alpha value is -3.14. The highest BCUT2D eigenvalue weighted by atomic mass is 16.5. The summed E-state index contributed by atoms with van der Waals surface area (Å²) in [5, 5.41) is 22.8. The molecule has 4 rings (SSSR count). The molecule has 0 spiro atoms. The molecule has 2 aliphatic rings. The summed E-state index contributed by atoms with van der Waals surface area (Å²) in [6.45, 7) is 3.65. The van der Waals surface area contributed by atoms with Crippen molar-refractivity contribution in [2.45, 2.75) is 57.3 Å². The third kappa shape index (κ3) is 5.80. The van der Waals surface area contributed by atoms with Crippen molar-refractivity contribution in [3.05, 3.63) is 58.7 Å². The van der Waals surface area contributed by atoms with E-state index in [1.807, 2.05) is 11.8 Å². The van der Waals surface area contributed by atoms with E-state index in [4.69, 9.17) is 15.2 Å². The van der Waals surface area contributed by atoms with Crippen LogP contribution in [0.5, 0.6) is 11.5 Å². The quantitative estimate of drug-likeness (QED) is 0.394. The highest BCUT2D eigenvalue weighted by Crippen LogP contribution is 2.31. The molecule has 194 valence electrons. The Morgan fingerprint density at radius 1 is 1.17 bits per heavy atom. The molecule has 5 N–H and O–H groups in total. The Balaban J connectivity index is 1.37. The summed E-state index contributed by atoms with van der Waals surface area (Å²) in [4.78, 5) is 28.0. The van der Waals surface area contributed by atoms with E-state index < -0.39 is 6.10 Å². The van der Waals surface area contributed by atoms with Crippen LogP contribution >= 0.6 is 0 Å². The van der Waals surface area contributed by atoms with Gasteiger partial charge in [0, 0.05) is 18.7 Å². The minimum absolute atomic E-state index is 0.0677. The Kier molecular flexibility index (Phi) is 8.45. The molecule has 36 heavy (non-hydrogen) atoms. The number of nitrogens with two attached hydrogens (primary N) is 1. The second-order valence-electron chi connectivity index (χ2n) is 9.34. The minimum atomic E-state index is -0.762. The van der Waals surface area contributed by atoms with E-state index in [0.717, 1.165) is 24.0 Å². The minimum Gasteiger partial charge on any atom is -0.508 e. The predicted molar refractivity (Wildman–Crippen MR) is 134 cm³/mol. The van der Waals surface area contributed by atoms with E-state index in [0.29, 0.717) is 56.1 Å². The lowest BCUT2D eigenvalue weighted by molar-refractivity contribution is -0.00717. The van der Waals surface area contributed by atoms with Gasteiger partial charge in [-0.2, -0.15) is 0 Å². The number of ether oxygens (including phenoxy) is 2. The number of aromatic hydroxyl groups is 1. The molecule has 9 heteroatoms. The number of carbonyl (C=O) groups is 2. The third-order valence-electron chi connectivity index (χ3n) is 6.90. The molecule has 0 radical (unpaired) electrons.